The summed E-state index contributed by atoms with van der Waals surface area (Å²) in [6.07, 6.45) is 8.59. The highest BCUT2D eigenvalue weighted by Gasteiger charge is 2.27. The lowest BCUT2D eigenvalue weighted by Crippen LogP contribution is -3.05. The van der Waals surface area contributed by atoms with Gasteiger partial charge in [0.1, 0.15) is 0 Å². The number of nitrogens with zero attached hydrogens (tertiary/aromatic N) is 1. The predicted molar refractivity (Wildman–Crippen MR) is 126 cm³/mol. The van der Waals surface area contributed by atoms with E-state index in [4.69, 9.17) is 0 Å². The molecule has 0 radical (unpaired) electrons. The third-order valence-corrected chi connectivity index (χ3v) is 6.34. The third-order valence-electron chi connectivity index (χ3n) is 6.34. The fourth-order valence-electron chi connectivity index (χ4n) is 4.55. The Morgan fingerprint density at radius 2 is 1.46 bits per heavy atom. The van der Waals surface area contributed by atoms with Crippen molar-refractivity contribution in [1.82, 2.24) is 0 Å². The fourth-order valence-corrected chi connectivity index (χ4v) is 4.55. The Morgan fingerprint density at radius 1 is 0.857 bits per heavy atom. The highest BCUT2D eigenvalue weighted by Crippen LogP contribution is 2.20. The number of hydrogen-bond acceptors (Lipinski definition) is 0. The lowest BCUT2D eigenvalue weighted by atomic mass is 9.89. The van der Waals surface area contributed by atoms with Gasteiger partial charge in [0.2, 0.25) is 0 Å². The summed E-state index contributed by atoms with van der Waals surface area (Å²) < 4.78 is 1.33. The van der Waals surface area contributed by atoms with Crippen molar-refractivity contribution in [1.29, 1.82) is 0 Å². The molecule has 2 rings (SSSR count). The van der Waals surface area contributed by atoms with Gasteiger partial charge in [-0.05, 0) is 43.4 Å². The summed E-state index contributed by atoms with van der Waals surface area (Å²) in [4.78, 5) is 1.55. The Bertz CT molecular complexity index is 328. The Hall–Kier alpha value is -0.120. The number of nitrogens with two attached hydrogens (primary N) is 1. The van der Waals surface area contributed by atoms with Crippen molar-refractivity contribution < 1.29 is 14.7 Å². The molecule has 0 aromatic heterocycles. The zero-order chi connectivity index (χ0) is 21.6. The Kier molecular flexibility index (Phi) is 15.6. The maximum atomic E-state index is 2.46. The summed E-state index contributed by atoms with van der Waals surface area (Å²) in [5.41, 5.74) is 0. The van der Waals surface area contributed by atoms with Gasteiger partial charge in [-0.15, -0.1) is 0 Å². The molecule has 2 heterocycles. The van der Waals surface area contributed by atoms with E-state index in [-0.39, 0.29) is 0 Å². The standard InChI is InChI=1S/C9H20N.C9H19N.C7H17N/c1-9(2)8-10(3)6-4-5-7-10;1-8(2)9-4-3-6-10-7-5-9;1-7(2)5-6-8(3)4/h9H,4-8H2,1-3H3;8-10H,3-7H2,1-2H3;7H,5-6H2,1-4H3/q+1;;/p+2. The van der Waals surface area contributed by atoms with E-state index in [1.165, 1.54) is 82.3 Å². The van der Waals surface area contributed by atoms with Crippen molar-refractivity contribution in [3.05, 3.63) is 0 Å². The molecule has 2 aliphatic heterocycles. The Morgan fingerprint density at radius 3 is 1.89 bits per heavy atom. The summed E-state index contributed by atoms with van der Waals surface area (Å²) in [6.45, 7) is 22.1. The second kappa shape index (κ2) is 15.7. The van der Waals surface area contributed by atoms with Crippen molar-refractivity contribution >= 4 is 0 Å². The highest BCUT2D eigenvalue weighted by atomic mass is 15.3. The lowest BCUT2D eigenvalue weighted by Gasteiger charge is -2.30. The Labute approximate surface area is 179 Å². The van der Waals surface area contributed by atoms with Crippen LogP contribution in [-0.2, 0) is 0 Å². The summed E-state index contributed by atoms with van der Waals surface area (Å²) in [5, 5.41) is 2.46. The minimum Gasteiger partial charge on any atom is -0.346 e. The van der Waals surface area contributed by atoms with Gasteiger partial charge in [-0.2, -0.15) is 0 Å². The topological polar surface area (TPSA) is 21.1 Å². The van der Waals surface area contributed by atoms with Gasteiger partial charge >= 0.3 is 0 Å². The second-order valence-corrected chi connectivity index (χ2v) is 11.3. The molecule has 2 saturated heterocycles. The summed E-state index contributed by atoms with van der Waals surface area (Å²) in [5.74, 6) is 3.65. The molecule has 0 aromatic rings. The number of nitrogens with one attached hydrogen (secondary N) is 1. The number of hydrogen-bond donors (Lipinski definition) is 2. The molecule has 0 amide bonds. The van der Waals surface area contributed by atoms with Gasteiger partial charge in [0, 0.05) is 18.8 Å². The van der Waals surface area contributed by atoms with Gasteiger partial charge in [0.25, 0.3) is 0 Å². The molecule has 0 saturated carbocycles. The first kappa shape index (κ1) is 27.9. The van der Waals surface area contributed by atoms with Crippen LogP contribution in [0.25, 0.3) is 0 Å². The average molecular weight is 401 g/mol. The molecular weight excluding hydrogens is 342 g/mol. The molecule has 3 nitrogen and oxygen atoms in total. The van der Waals surface area contributed by atoms with Gasteiger partial charge in [-0.3, -0.25) is 0 Å². The summed E-state index contributed by atoms with van der Waals surface area (Å²) in [6, 6.07) is 0. The van der Waals surface area contributed by atoms with E-state index in [2.05, 4.69) is 68.0 Å². The van der Waals surface area contributed by atoms with Crippen LogP contribution < -0.4 is 10.2 Å². The molecule has 0 aromatic carbocycles. The van der Waals surface area contributed by atoms with Crippen molar-refractivity contribution in [2.75, 3.05) is 60.4 Å². The molecule has 0 aliphatic carbocycles. The molecule has 2 fully saturated rings. The number of likely N-dealkylation sites (tertiary alicyclic amines) is 1. The van der Waals surface area contributed by atoms with E-state index < -0.39 is 0 Å². The maximum Gasteiger partial charge on any atom is 0.0807 e. The van der Waals surface area contributed by atoms with E-state index in [0.29, 0.717) is 0 Å². The molecule has 1 atom stereocenters. The predicted octanol–water partition coefficient (Wildman–Crippen LogP) is 3.07. The van der Waals surface area contributed by atoms with Crippen LogP contribution in [0.5, 0.6) is 0 Å². The van der Waals surface area contributed by atoms with E-state index in [0.717, 1.165) is 23.7 Å². The largest absolute Gasteiger partial charge is 0.346 e. The molecule has 3 heteroatoms. The minimum absolute atomic E-state index is 0.864. The first-order valence-electron chi connectivity index (χ1n) is 12.5. The van der Waals surface area contributed by atoms with Crippen LogP contribution in [0.4, 0.5) is 0 Å². The molecular formula is C25H58N3+3. The third kappa shape index (κ3) is 15.8. The van der Waals surface area contributed by atoms with E-state index in [9.17, 15) is 0 Å². The van der Waals surface area contributed by atoms with Gasteiger partial charge in [0.05, 0.1) is 60.4 Å². The maximum absolute atomic E-state index is 2.46. The highest BCUT2D eigenvalue weighted by molar-refractivity contribution is 4.63. The molecule has 170 valence electrons. The molecule has 0 spiro atoms. The minimum atomic E-state index is 0.864. The zero-order valence-electron chi connectivity index (χ0n) is 21.3. The lowest BCUT2D eigenvalue weighted by molar-refractivity contribution is -0.900. The average Bonchev–Trinajstić information content (AvgIpc) is 2.85. The number of rotatable bonds is 6. The fraction of sp³-hybridized carbons (Fsp3) is 1.00. The SMILES string of the molecule is CC(C)C1CCC[NH2+]CC1.CC(C)CC[NH+](C)C.CC(C)C[N+]1(C)CCCC1. The van der Waals surface area contributed by atoms with Crippen LogP contribution in [0.15, 0.2) is 0 Å². The van der Waals surface area contributed by atoms with Crippen LogP contribution in [0.2, 0.25) is 0 Å². The molecule has 28 heavy (non-hydrogen) atoms. The van der Waals surface area contributed by atoms with Crippen LogP contribution in [0, 0.1) is 23.7 Å². The quantitative estimate of drug-likeness (QED) is 0.640. The van der Waals surface area contributed by atoms with Gasteiger partial charge in [-0.25, -0.2) is 0 Å². The van der Waals surface area contributed by atoms with Crippen LogP contribution in [0.1, 0.15) is 80.1 Å². The normalized spacial score (nSPS) is 22.0. The molecule has 1 unspecified atom stereocenters. The van der Waals surface area contributed by atoms with Gasteiger partial charge in [0.15, 0.2) is 0 Å². The molecule has 2 aliphatic rings. The molecule has 0 bridgehead atoms. The van der Waals surface area contributed by atoms with E-state index in [1.54, 1.807) is 4.90 Å². The van der Waals surface area contributed by atoms with Crippen molar-refractivity contribution in [3.63, 3.8) is 0 Å². The summed E-state index contributed by atoms with van der Waals surface area (Å²) >= 11 is 0. The molecule has 3 N–H and O–H groups in total. The van der Waals surface area contributed by atoms with Crippen LogP contribution >= 0.6 is 0 Å². The Balaban J connectivity index is 0.000000394. The number of quaternary nitrogens is 3. The first-order valence-corrected chi connectivity index (χ1v) is 12.5. The van der Waals surface area contributed by atoms with E-state index >= 15 is 0 Å². The monoisotopic (exact) mass is 400 g/mol. The van der Waals surface area contributed by atoms with Crippen molar-refractivity contribution in [2.45, 2.75) is 80.1 Å². The zero-order valence-corrected chi connectivity index (χ0v) is 21.3. The van der Waals surface area contributed by atoms with Crippen molar-refractivity contribution in [2.24, 2.45) is 23.7 Å². The first-order chi connectivity index (χ1) is 13.1. The second-order valence-electron chi connectivity index (χ2n) is 11.3. The smallest absolute Gasteiger partial charge is 0.0807 e. The van der Waals surface area contributed by atoms with Crippen molar-refractivity contribution in [3.8, 4) is 0 Å². The summed E-state index contributed by atoms with van der Waals surface area (Å²) in [7, 11) is 6.79. The van der Waals surface area contributed by atoms with Gasteiger partial charge < -0.3 is 14.7 Å². The van der Waals surface area contributed by atoms with Gasteiger partial charge in [-0.1, -0.05) is 41.5 Å². The van der Waals surface area contributed by atoms with E-state index in [1.807, 2.05) is 0 Å². The van der Waals surface area contributed by atoms with Crippen LogP contribution in [-0.4, -0.2) is 64.9 Å². The van der Waals surface area contributed by atoms with Crippen LogP contribution in [0.3, 0.4) is 0 Å².